The van der Waals surface area contributed by atoms with Crippen LogP contribution in [0.3, 0.4) is 0 Å². The van der Waals surface area contributed by atoms with Crippen LogP contribution in [0.1, 0.15) is 22.4 Å². The lowest BCUT2D eigenvalue weighted by Gasteiger charge is -2.04. The molecule has 3 nitrogen and oxygen atoms in total. The number of nitrogens with zero attached hydrogens (tertiary/aromatic N) is 2. The first-order valence-electron chi connectivity index (χ1n) is 6.00. The molecule has 0 aliphatic rings. The van der Waals surface area contributed by atoms with Gasteiger partial charge in [-0.1, -0.05) is 41.4 Å². The molecule has 0 N–H and O–H groups in total. The molecule has 1 aromatic carbocycles. The smallest absolute Gasteiger partial charge is 0.132 e. The van der Waals surface area contributed by atoms with Crippen molar-refractivity contribution in [3.05, 3.63) is 51.8 Å². The number of hydrogen-bond acceptors (Lipinski definition) is 2. The molecular formula is C14H16Cl2N2O. The molecule has 0 aliphatic carbocycles. The Morgan fingerprint density at radius 1 is 1.37 bits per heavy atom. The number of alkyl halides is 1. The van der Waals surface area contributed by atoms with Gasteiger partial charge in [0, 0.05) is 12.7 Å². The highest BCUT2D eigenvalue weighted by Gasteiger charge is 2.15. The number of rotatable bonds is 5. The van der Waals surface area contributed by atoms with Crippen molar-refractivity contribution in [3.8, 4) is 0 Å². The lowest BCUT2D eigenvalue weighted by molar-refractivity contribution is 0.180. The van der Waals surface area contributed by atoms with Gasteiger partial charge in [-0.05, 0) is 12.5 Å². The van der Waals surface area contributed by atoms with Crippen LogP contribution in [0.5, 0.6) is 0 Å². The van der Waals surface area contributed by atoms with Crippen LogP contribution in [0.15, 0.2) is 24.3 Å². The van der Waals surface area contributed by atoms with Gasteiger partial charge in [0.05, 0.1) is 24.7 Å². The average Bonchev–Trinajstić information content (AvgIpc) is 2.66. The molecule has 0 unspecified atom stereocenters. The molecule has 2 aromatic rings. The zero-order valence-corrected chi connectivity index (χ0v) is 12.5. The van der Waals surface area contributed by atoms with Crippen LogP contribution in [0.25, 0.3) is 0 Å². The number of halogens is 2. The summed E-state index contributed by atoms with van der Waals surface area (Å²) in [4.78, 5) is 0. The van der Waals surface area contributed by atoms with Crippen LogP contribution in [0.4, 0.5) is 0 Å². The minimum atomic E-state index is 0.339. The van der Waals surface area contributed by atoms with Gasteiger partial charge >= 0.3 is 0 Å². The van der Waals surface area contributed by atoms with E-state index >= 15 is 0 Å². The van der Waals surface area contributed by atoms with Crippen LogP contribution >= 0.6 is 23.2 Å². The molecule has 0 saturated heterocycles. The molecule has 1 heterocycles. The number of aromatic nitrogens is 2. The molecule has 102 valence electrons. The molecule has 19 heavy (non-hydrogen) atoms. The topological polar surface area (TPSA) is 27.1 Å². The highest BCUT2D eigenvalue weighted by Crippen LogP contribution is 2.23. The summed E-state index contributed by atoms with van der Waals surface area (Å²) in [5, 5.41) is 5.06. The third-order valence-electron chi connectivity index (χ3n) is 2.89. The molecule has 2 rings (SSSR count). The summed E-state index contributed by atoms with van der Waals surface area (Å²) in [5.74, 6) is 0.339. The van der Waals surface area contributed by atoms with E-state index in [1.165, 1.54) is 5.56 Å². The van der Waals surface area contributed by atoms with E-state index < -0.39 is 0 Å². The molecule has 0 bridgehead atoms. The predicted octanol–water partition coefficient (Wildman–Crippen LogP) is 3.78. The predicted molar refractivity (Wildman–Crippen MR) is 77.8 cm³/mol. The van der Waals surface area contributed by atoms with Crippen molar-refractivity contribution in [2.45, 2.75) is 26.0 Å². The Hall–Kier alpha value is -1.03. The monoisotopic (exact) mass is 298 g/mol. The maximum Gasteiger partial charge on any atom is 0.132 e. The fraction of sp³-hybridized carbons (Fsp3) is 0.357. The molecule has 0 saturated carbocycles. The van der Waals surface area contributed by atoms with Gasteiger partial charge in [0.2, 0.25) is 0 Å². The summed E-state index contributed by atoms with van der Waals surface area (Å²) in [6.45, 7) is 3.12. The van der Waals surface area contributed by atoms with Crippen molar-refractivity contribution < 1.29 is 4.74 Å². The second-order valence-electron chi connectivity index (χ2n) is 4.43. The van der Waals surface area contributed by atoms with E-state index in [0.29, 0.717) is 24.2 Å². The Kier molecular flexibility index (Phi) is 4.86. The Morgan fingerprint density at radius 3 is 2.79 bits per heavy atom. The van der Waals surface area contributed by atoms with Crippen molar-refractivity contribution in [1.29, 1.82) is 0 Å². The van der Waals surface area contributed by atoms with Crippen molar-refractivity contribution >= 4 is 23.2 Å². The molecule has 1 aromatic heterocycles. The van der Waals surface area contributed by atoms with Crippen molar-refractivity contribution in [3.63, 3.8) is 0 Å². The standard InChI is InChI=1S/C14H16Cl2N2O/c1-10-4-3-5-11(6-10)8-18-14(16)12(7-15)13(17-18)9-19-2/h3-6H,7-9H2,1-2H3. The number of methoxy groups -OCH3 is 1. The first-order chi connectivity index (χ1) is 9.15. The van der Waals surface area contributed by atoms with Gasteiger partial charge in [-0.15, -0.1) is 11.6 Å². The molecule has 0 atom stereocenters. The van der Waals surface area contributed by atoms with E-state index in [4.69, 9.17) is 27.9 Å². The van der Waals surface area contributed by atoms with Gasteiger partial charge < -0.3 is 4.74 Å². The Bertz CT molecular complexity index is 567. The number of ether oxygens (including phenoxy) is 1. The molecule has 0 fully saturated rings. The highest BCUT2D eigenvalue weighted by atomic mass is 35.5. The fourth-order valence-corrected chi connectivity index (χ4v) is 2.62. The lowest BCUT2D eigenvalue weighted by Crippen LogP contribution is -2.03. The van der Waals surface area contributed by atoms with Gasteiger partial charge in [0.15, 0.2) is 0 Å². The molecule has 0 amide bonds. The van der Waals surface area contributed by atoms with Crippen LogP contribution in [-0.2, 0) is 23.8 Å². The quantitative estimate of drug-likeness (QED) is 0.786. The summed E-state index contributed by atoms with van der Waals surface area (Å²) in [6, 6.07) is 8.27. The van der Waals surface area contributed by atoms with Gasteiger partial charge in [-0.25, -0.2) is 4.68 Å². The normalized spacial score (nSPS) is 10.9. The summed E-state index contributed by atoms with van der Waals surface area (Å²) >= 11 is 12.2. The maximum atomic E-state index is 6.32. The summed E-state index contributed by atoms with van der Waals surface area (Å²) in [5.41, 5.74) is 4.03. The summed E-state index contributed by atoms with van der Waals surface area (Å²) in [7, 11) is 1.63. The van der Waals surface area contributed by atoms with Gasteiger partial charge in [0.25, 0.3) is 0 Å². The third-order valence-corrected chi connectivity index (χ3v) is 3.59. The fourth-order valence-electron chi connectivity index (χ4n) is 2.00. The maximum absolute atomic E-state index is 6.32. The Morgan fingerprint density at radius 2 is 2.16 bits per heavy atom. The summed E-state index contributed by atoms with van der Waals surface area (Å²) in [6.07, 6.45) is 0. The molecular weight excluding hydrogens is 283 g/mol. The van der Waals surface area contributed by atoms with Crippen molar-refractivity contribution in [2.24, 2.45) is 0 Å². The van der Waals surface area contributed by atoms with Crippen molar-refractivity contribution in [2.75, 3.05) is 7.11 Å². The van der Waals surface area contributed by atoms with Gasteiger partial charge in [-0.2, -0.15) is 5.10 Å². The van der Waals surface area contributed by atoms with E-state index in [1.807, 2.05) is 6.07 Å². The SMILES string of the molecule is COCc1nn(Cc2cccc(C)c2)c(Cl)c1CCl. The van der Waals surface area contributed by atoms with E-state index in [2.05, 4.69) is 30.2 Å². The van der Waals surface area contributed by atoms with E-state index in [9.17, 15) is 0 Å². The lowest BCUT2D eigenvalue weighted by atomic mass is 10.1. The van der Waals surface area contributed by atoms with E-state index in [-0.39, 0.29) is 0 Å². The second kappa shape index (κ2) is 6.42. The third kappa shape index (κ3) is 3.30. The summed E-state index contributed by atoms with van der Waals surface area (Å²) < 4.78 is 6.88. The van der Waals surface area contributed by atoms with Crippen molar-refractivity contribution in [1.82, 2.24) is 9.78 Å². The van der Waals surface area contributed by atoms with Gasteiger partial charge in [0.1, 0.15) is 5.15 Å². The molecule has 5 heteroatoms. The average molecular weight is 299 g/mol. The number of benzene rings is 1. The van der Waals surface area contributed by atoms with Crippen LogP contribution in [0.2, 0.25) is 5.15 Å². The Labute approximate surface area is 123 Å². The minimum absolute atomic E-state index is 0.339. The zero-order chi connectivity index (χ0) is 13.8. The van der Waals surface area contributed by atoms with E-state index in [0.717, 1.165) is 16.8 Å². The van der Waals surface area contributed by atoms with Crippen LogP contribution in [0, 0.1) is 6.92 Å². The van der Waals surface area contributed by atoms with E-state index in [1.54, 1.807) is 11.8 Å². The number of hydrogen-bond donors (Lipinski definition) is 0. The first-order valence-corrected chi connectivity index (χ1v) is 6.91. The van der Waals surface area contributed by atoms with Crippen LogP contribution in [-0.4, -0.2) is 16.9 Å². The molecule has 0 radical (unpaired) electrons. The minimum Gasteiger partial charge on any atom is -0.378 e. The molecule has 0 aliphatic heterocycles. The number of aryl methyl sites for hydroxylation is 1. The highest BCUT2D eigenvalue weighted by molar-refractivity contribution is 6.31. The zero-order valence-electron chi connectivity index (χ0n) is 11.0. The largest absolute Gasteiger partial charge is 0.378 e. The van der Waals surface area contributed by atoms with Gasteiger partial charge in [-0.3, -0.25) is 0 Å². The first kappa shape index (κ1) is 14.4. The molecule has 0 spiro atoms. The second-order valence-corrected chi connectivity index (χ2v) is 5.05. The Balaban J connectivity index is 2.30. The van der Waals surface area contributed by atoms with Crippen LogP contribution < -0.4 is 0 Å².